The van der Waals surface area contributed by atoms with E-state index in [1.807, 2.05) is 18.2 Å². The highest BCUT2D eigenvalue weighted by Crippen LogP contribution is 2.37. The van der Waals surface area contributed by atoms with Crippen LogP contribution >= 0.6 is 0 Å². The third-order valence-electron chi connectivity index (χ3n) is 2.88. The van der Waals surface area contributed by atoms with Gasteiger partial charge in [0.2, 0.25) is 0 Å². The molecule has 0 spiro atoms. The van der Waals surface area contributed by atoms with Gasteiger partial charge >= 0.3 is 0 Å². The summed E-state index contributed by atoms with van der Waals surface area (Å²) in [5.74, 6) is 0.797. The van der Waals surface area contributed by atoms with Gasteiger partial charge in [0.25, 0.3) is 0 Å². The van der Waals surface area contributed by atoms with Gasteiger partial charge in [0.05, 0.1) is 13.7 Å². The molecule has 0 saturated carbocycles. The minimum atomic E-state index is -1.04. The van der Waals surface area contributed by atoms with Crippen molar-refractivity contribution < 1.29 is 14.9 Å². The fraction of sp³-hybridized carbons (Fsp3) is 0.455. The van der Waals surface area contributed by atoms with E-state index in [9.17, 15) is 5.11 Å². The number of benzene rings is 1. The van der Waals surface area contributed by atoms with Gasteiger partial charge in [-0.05, 0) is 36.1 Å². The Hall–Kier alpha value is -1.06. The summed E-state index contributed by atoms with van der Waals surface area (Å²) in [4.78, 5) is 0. The lowest BCUT2D eigenvalue weighted by molar-refractivity contribution is -0.0172. The van der Waals surface area contributed by atoms with Crippen LogP contribution in [-0.2, 0) is 12.0 Å². The van der Waals surface area contributed by atoms with Crippen LogP contribution in [0.25, 0.3) is 0 Å². The van der Waals surface area contributed by atoms with Crippen LogP contribution in [0.2, 0.25) is 0 Å². The Morgan fingerprint density at radius 2 is 2.29 bits per heavy atom. The maximum Gasteiger partial charge on any atom is 0.119 e. The molecule has 2 rings (SSSR count). The Balaban J connectivity index is 2.43. The molecule has 1 unspecified atom stereocenters. The molecular formula is C11H14O3. The van der Waals surface area contributed by atoms with E-state index in [0.29, 0.717) is 6.42 Å². The number of aliphatic hydroxyl groups excluding tert-OH is 1. The Kier molecular flexibility index (Phi) is 2.21. The zero-order chi connectivity index (χ0) is 10.2. The summed E-state index contributed by atoms with van der Waals surface area (Å²) in [6.07, 6.45) is 1.38. The molecule has 3 nitrogen and oxygen atoms in total. The van der Waals surface area contributed by atoms with E-state index in [1.54, 1.807) is 7.11 Å². The number of rotatable bonds is 2. The molecule has 3 heteroatoms. The fourth-order valence-electron chi connectivity index (χ4n) is 2.00. The van der Waals surface area contributed by atoms with Gasteiger partial charge in [-0.15, -0.1) is 0 Å². The lowest BCUT2D eigenvalue weighted by Crippen LogP contribution is -2.26. The zero-order valence-electron chi connectivity index (χ0n) is 8.16. The molecule has 1 aliphatic rings. The Morgan fingerprint density at radius 3 is 2.93 bits per heavy atom. The standard InChI is InChI=1S/C11H14O3/c1-14-9-2-3-10-8(6-9)4-5-11(10,13)7-12/h2-3,6,12-13H,4-5,7H2,1H3. The Morgan fingerprint density at radius 1 is 1.50 bits per heavy atom. The Labute approximate surface area is 83.0 Å². The first-order chi connectivity index (χ1) is 6.69. The second-order valence-corrected chi connectivity index (χ2v) is 3.71. The zero-order valence-corrected chi connectivity index (χ0v) is 8.16. The summed E-state index contributed by atoms with van der Waals surface area (Å²) in [6.45, 7) is -0.216. The molecule has 0 fully saturated rings. The van der Waals surface area contributed by atoms with E-state index < -0.39 is 5.60 Å². The number of fused-ring (bicyclic) bond motifs is 1. The molecule has 2 N–H and O–H groups in total. The van der Waals surface area contributed by atoms with Gasteiger partial charge in [0.1, 0.15) is 11.4 Å². The monoisotopic (exact) mass is 194 g/mol. The van der Waals surface area contributed by atoms with E-state index in [-0.39, 0.29) is 6.61 Å². The van der Waals surface area contributed by atoms with Crippen molar-refractivity contribution in [3.05, 3.63) is 29.3 Å². The van der Waals surface area contributed by atoms with Gasteiger partial charge < -0.3 is 14.9 Å². The third-order valence-corrected chi connectivity index (χ3v) is 2.88. The van der Waals surface area contributed by atoms with E-state index in [0.717, 1.165) is 23.3 Å². The van der Waals surface area contributed by atoms with Gasteiger partial charge in [-0.3, -0.25) is 0 Å². The largest absolute Gasteiger partial charge is 0.497 e. The van der Waals surface area contributed by atoms with Crippen LogP contribution in [0.15, 0.2) is 18.2 Å². The second-order valence-electron chi connectivity index (χ2n) is 3.71. The van der Waals surface area contributed by atoms with Gasteiger partial charge in [-0.2, -0.15) is 0 Å². The predicted octanol–water partition coefficient (Wildman–Crippen LogP) is 0.821. The van der Waals surface area contributed by atoms with Crippen molar-refractivity contribution in [3.63, 3.8) is 0 Å². The highest BCUT2D eigenvalue weighted by atomic mass is 16.5. The van der Waals surface area contributed by atoms with Gasteiger partial charge in [-0.1, -0.05) is 6.07 Å². The third kappa shape index (κ3) is 1.29. The average molecular weight is 194 g/mol. The number of methoxy groups -OCH3 is 1. The van der Waals surface area contributed by atoms with Gasteiger partial charge in [0, 0.05) is 0 Å². The van der Waals surface area contributed by atoms with Crippen molar-refractivity contribution in [2.24, 2.45) is 0 Å². The molecule has 0 aromatic heterocycles. The molecule has 1 atom stereocenters. The van der Waals surface area contributed by atoms with Crippen molar-refractivity contribution in [3.8, 4) is 5.75 Å². The average Bonchev–Trinajstić information content (AvgIpc) is 2.57. The SMILES string of the molecule is COc1ccc2c(c1)CCC2(O)CO. The van der Waals surface area contributed by atoms with Crippen LogP contribution in [0, 0.1) is 0 Å². The minimum Gasteiger partial charge on any atom is -0.497 e. The molecule has 76 valence electrons. The van der Waals surface area contributed by atoms with E-state index in [1.165, 1.54) is 0 Å². The van der Waals surface area contributed by atoms with Crippen LogP contribution in [0.4, 0.5) is 0 Å². The number of aryl methyl sites for hydroxylation is 1. The van der Waals surface area contributed by atoms with Crippen molar-refractivity contribution in [1.29, 1.82) is 0 Å². The van der Waals surface area contributed by atoms with Crippen LogP contribution < -0.4 is 4.74 Å². The highest BCUT2D eigenvalue weighted by molar-refractivity contribution is 5.42. The summed E-state index contributed by atoms with van der Waals surface area (Å²) in [5.41, 5.74) is 0.864. The van der Waals surface area contributed by atoms with Gasteiger partial charge in [-0.25, -0.2) is 0 Å². The van der Waals surface area contributed by atoms with Gasteiger partial charge in [0.15, 0.2) is 0 Å². The maximum absolute atomic E-state index is 10.0. The molecule has 0 saturated heterocycles. The first kappa shape index (κ1) is 9.49. The Bertz CT molecular complexity index is 348. The second kappa shape index (κ2) is 3.26. The minimum absolute atomic E-state index is 0.216. The van der Waals surface area contributed by atoms with Crippen LogP contribution in [0.3, 0.4) is 0 Å². The number of aliphatic hydroxyl groups is 2. The molecule has 0 radical (unpaired) electrons. The first-order valence-corrected chi connectivity index (χ1v) is 4.70. The number of hydrogen-bond donors (Lipinski definition) is 2. The van der Waals surface area contributed by atoms with E-state index in [2.05, 4.69) is 0 Å². The van der Waals surface area contributed by atoms with Crippen LogP contribution in [0.5, 0.6) is 5.75 Å². The lowest BCUT2D eigenvalue weighted by atomic mass is 9.97. The molecule has 0 heterocycles. The number of hydrogen-bond acceptors (Lipinski definition) is 3. The summed E-state index contributed by atoms with van der Waals surface area (Å²) in [5, 5.41) is 19.1. The number of ether oxygens (including phenoxy) is 1. The normalized spacial score (nSPS) is 24.8. The van der Waals surface area contributed by atoms with E-state index >= 15 is 0 Å². The van der Waals surface area contributed by atoms with Crippen molar-refractivity contribution in [2.75, 3.05) is 13.7 Å². The van der Waals surface area contributed by atoms with Crippen molar-refractivity contribution in [2.45, 2.75) is 18.4 Å². The topological polar surface area (TPSA) is 49.7 Å². The smallest absolute Gasteiger partial charge is 0.119 e. The summed E-state index contributed by atoms with van der Waals surface area (Å²) in [6, 6.07) is 5.56. The molecule has 1 aromatic carbocycles. The lowest BCUT2D eigenvalue weighted by Gasteiger charge is -2.20. The molecule has 0 amide bonds. The molecule has 1 aliphatic carbocycles. The maximum atomic E-state index is 10.0. The van der Waals surface area contributed by atoms with Crippen molar-refractivity contribution >= 4 is 0 Å². The quantitative estimate of drug-likeness (QED) is 0.733. The molecule has 14 heavy (non-hydrogen) atoms. The van der Waals surface area contributed by atoms with Crippen LogP contribution in [0.1, 0.15) is 17.5 Å². The molecule has 0 aliphatic heterocycles. The summed E-state index contributed by atoms with van der Waals surface area (Å²) >= 11 is 0. The molecular weight excluding hydrogens is 180 g/mol. The van der Waals surface area contributed by atoms with Crippen molar-refractivity contribution in [1.82, 2.24) is 0 Å². The van der Waals surface area contributed by atoms with E-state index in [4.69, 9.17) is 9.84 Å². The fourth-order valence-corrected chi connectivity index (χ4v) is 2.00. The first-order valence-electron chi connectivity index (χ1n) is 4.70. The highest BCUT2D eigenvalue weighted by Gasteiger charge is 2.35. The predicted molar refractivity (Wildman–Crippen MR) is 52.3 cm³/mol. The molecule has 1 aromatic rings. The summed E-state index contributed by atoms with van der Waals surface area (Å²) in [7, 11) is 1.62. The van der Waals surface area contributed by atoms with Crippen LogP contribution in [-0.4, -0.2) is 23.9 Å². The summed E-state index contributed by atoms with van der Waals surface area (Å²) < 4.78 is 5.10. The molecule has 0 bridgehead atoms.